The third kappa shape index (κ3) is 5.33. The fourth-order valence-electron chi connectivity index (χ4n) is 3.36. The van der Waals surface area contributed by atoms with E-state index >= 15 is 0 Å². The summed E-state index contributed by atoms with van der Waals surface area (Å²) in [7, 11) is 0. The Morgan fingerprint density at radius 2 is 1.72 bits per heavy atom. The molecule has 29 heavy (non-hydrogen) atoms. The number of carbonyl (C=O) groups is 1. The van der Waals surface area contributed by atoms with Crippen LogP contribution in [-0.4, -0.2) is 42.0 Å². The molecule has 1 heterocycles. The molecule has 5 nitrogen and oxygen atoms in total. The number of anilines is 2. The maximum Gasteiger partial charge on any atom is 0.252 e. The summed E-state index contributed by atoms with van der Waals surface area (Å²) < 4.78 is 0. The predicted molar refractivity (Wildman–Crippen MR) is 121 cm³/mol. The first kappa shape index (κ1) is 20.8. The Kier molecular flexibility index (Phi) is 7.19. The number of benzene rings is 2. The number of para-hydroxylation sites is 1. The molecule has 0 aliphatic rings. The second-order valence-corrected chi connectivity index (χ2v) is 7.03. The summed E-state index contributed by atoms with van der Waals surface area (Å²) in [6, 6.07) is 17.9. The summed E-state index contributed by atoms with van der Waals surface area (Å²) in [6.45, 7) is 9.83. The van der Waals surface area contributed by atoms with E-state index in [0.29, 0.717) is 17.9 Å². The maximum absolute atomic E-state index is 12.9. The molecule has 0 radical (unpaired) electrons. The van der Waals surface area contributed by atoms with E-state index in [-0.39, 0.29) is 5.91 Å². The average molecular weight is 391 g/mol. The van der Waals surface area contributed by atoms with Crippen molar-refractivity contribution < 1.29 is 4.79 Å². The molecule has 1 aromatic heterocycles. The number of rotatable bonds is 9. The standard InChI is InChI=1S/C24H30N4O/c1-4-18-11-13-19(14-12-18)26-23-17-21(20-9-7-8-10-22(20)27-23)24(29)25-15-16-28(5-2)6-3/h7-14,17H,4-6,15-16H2,1-3H3,(H,25,29)(H,26,27). The lowest BCUT2D eigenvalue weighted by molar-refractivity contribution is 0.0950. The first-order chi connectivity index (χ1) is 14.1. The van der Waals surface area contributed by atoms with Gasteiger partial charge in [-0.05, 0) is 49.3 Å². The zero-order valence-corrected chi connectivity index (χ0v) is 17.5. The van der Waals surface area contributed by atoms with Crippen LogP contribution in [0.2, 0.25) is 0 Å². The summed E-state index contributed by atoms with van der Waals surface area (Å²) in [5, 5.41) is 7.26. The molecule has 0 aliphatic heterocycles. The Morgan fingerprint density at radius 1 is 1.00 bits per heavy atom. The van der Waals surface area contributed by atoms with Crippen LogP contribution in [0.25, 0.3) is 10.9 Å². The van der Waals surface area contributed by atoms with Crippen LogP contribution in [0.1, 0.15) is 36.7 Å². The first-order valence-corrected chi connectivity index (χ1v) is 10.4. The molecular weight excluding hydrogens is 360 g/mol. The minimum Gasteiger partial charge on any atom is -0.351 e. The van der Waals surface area contributed by atoms with Gasteiger partial charge in [0.1, 0.15) is 5.82 Å². The van der Waals surface area contributed by atoms with Crippen molar-refractivity contribution in [2.75, 3.05) is 31.5 Å². The predicted octanol–water partition coefficient (Wildman–Crippen LogP) is 4.61. The Labute approximate surface area is 173 Å². The molecule has 2 aromatic carbocycles. The number of aryl methyl sites for hydroxylation is 1. The minimum absolute atomic E-state index is 0.0693. The smallest absolute Gasteiger partial charge is 0.252 e. The highest BCUT2D eigenvalue weighted by Crippen LogP contribution is 2.23. The Bertz CT molecular complexity index is 949. The van der Waals surface area contributed by atoms with Gasteiger partial charge in [0.15, 0.2) is 0 Å². The van der Waals surface area contributed by atoms with E-state index in [0.717, 1.165) is 42.6 Å². The van der Waals surface area contributed by atoms with Gasteiger partial charge >= 0.3 is 0 Å². The van der Waals surface area contributed by atoms with Crippen LogP contribution in [0.15, 0.2) is 54.6 Å². The van der Waals surface area contributed by atoms with Crippen LogP contribution in [0.5, 0.6) is 0 Å². The molecular formula is C24H30N4O. The fourth-order valence-corrected chi connectivity index (χ4v) is 3.36. The lowest BCUT2D eigenvalue weighted by Gasteiger charge is -2.18. The molecule has 5 heteroatoms. The second kappa shape index (κ2) is 10.0. The topological polar surface area (TPSA) is 57.3 Å². The molecule has 0 saturated heterocycles. The molecule has 2 N–H and O–H groups in total. The van der Waals surface area contributed by atoms with E-state index in [2.05, 4.69) is 48.4 Å². The minimum atomic E-state index is -0.0693. The third-order valence-corrected chi connectivity index (χ3v) is 5.20. The molecule has 0 saturated carbocycles. The highest BCUT2D eigenvalue weighted by Gasteiger charge is 2.13. The molecule has 3 rings (SSSR count). The number of amides is 1. The summed E-state index contributed by atoms with van der Waals surface area (Å²) in [6.07, 6.45) is 1.01. The van der Waals surface area contributed by atoms with E-state index in [9.17, 15) is 4.79 Å². The van der Waals surface area contributed by atoms with Crippen LogP contribution in [0.3, 0.4) is 0 Å². The number of carbonyl (C=O) groups excluding carboxylic acids is 1. The maximum atomic E-state index is 12.9. The van der Waals surface area contributed by atoms with Crippen LogP contribution in [0, 0.1) is 0 Å². The number of fused-ring (bicyclic) bond motifs is 1. The molecule has 0 fully saturated rings. The van der Waals surface area contributed by atoms with Crippen molar-refractivity contribution in [3.8, 4) is 0 Å². The van der Waals surface area contributed by atoms with Gasteiger partial charge in [0.25, 0.3) is 5.91 Å². The van der Waals surface area contributed by atoms with E-state index in [1.165, 1.54) is 5.56 Å². The largest absolute Gasteiger partial charge is 0.351 e. The van der Waals surface area contributed by atoms with Crippen molar-refractivity contribution in [3.05, 3.63) is 65.7 Å². The highest BCUT2D eigenvalue weighted by molar-refractivity contribution is 6.07. The fraction of sp³-hybridized carbons (Fsp3) is 0.333. The number of nitrogens with zero attached hydrogens (tertiary/aromatic N) is 2. The van der Waals surface area contributed by atoms with Gasteiger partial charge in [-0.3, -0.25) is 4.79 Å². The molecule has 0 aliphatic carbocycles. The van der Waals surface area contributed by atoms with Crippen LogP contribution in [-0.2, 0) is 6.42 Å². The van der Waals surface area contributed by atoms with Crippen molar-refractivity contribution in [2.24, 2.45) is 0 Å². The SMILES string of the molecule is CCc1ccc(Nc2cc(C(=O)NCCN(CC)CC)c3ccccc3n2)cc1. The lowest BCUT2D eigenvalue weighted by Crippen LogP contribution is -2.34. The van der Waals surface area contributed by atoms with Gasteiger partial charge in [0.05, 0.1) is 11.1 Å². The van der Waals surface area contributed by atoms with Gasteiger partial charge in [-0.25, -0.2) is 4.98 Å². The van der Waals surface area contributed by atoms with Crippen LogP contribution in [0.4, 0.5) is 11.5 Å². The normalized spacial score (nSPS) is 11.0. The Balaban J connectivity index is 1.82. The quantitative estimate of drug-likeness (QED) is 0.560. The zero-order chi connectivity index (χ0) is 20.6. The van der Waals surface area contributed by atoms with Crippen LogP contribution >= 0.6 is 0 Å². The van der Waals surface area contributed by atoms with E-state index in [4.69, 9.17) is 4.98 Å². The van der Waals surface area contributed by atoms with Crippen molar-refractivity contribution in [1.82, 2.24) is 15.2 Å². The number of likely N-dealkylation sites (N-methyl/N-ethyl adjacent to an activating group) is 1. The molecule has 0 unspecified atom stereocenters. The van der Waals surface area contributed by atoms with Crippen LogP contribution < -0.4 is 10.6 Å². The van der Waals surface area contributed by atoms with E-state index in [1.807, 2.05) is 42.5 Å². The third-order valence-electron chi connectivity index (χ3n) is 5.20. The average Bonchev–Trinajstić information content (AvgIpc) is 2.76. The molecule has 0 atom stereocenters. The van der Waals surface area contributed by atoms with E-state index in [1.54, 1.807) is 0 Å². The Morgan fingerprint density at radius 3 is 2.41 bits per heavy atom. The van der Waals surface area contributed by atoms with Gasteiger partial charge in [0.2, 0.25) is 0 Å². The highest BCUT2D eigenvalue weighted by atomic mass is 16.1. The monoisotopic (exact) mass is 390 g/mol. The number of nitrogens with one attached hydrogen (secondary N) is 2. The first-order valence-electron chi connectivity index (χ1n) is 10.4. The lowest BCUT2D eigenvalue weighted by atomic mass is 10.1. The molecule has 1 amide bonds. The second-order valence-electron chi connectivity index (χ2n) is 7.03. The molecule has 0 bridgehead atoms. The molecule has 152 valence electrons. The summed E-state index contributed by atoms with van der Waals surface area (Å²) in [5.74, 6) is 0.599. The van der Waals surface area contributed by atoms with Crippen molar-refractivity contribution in [1.29, 1.82) is 0 Å². The summed E-state index contributed by atoms with van der Waals surface area (Å²) in [5.41, 5.74) is 3.69. The summed E-state index contributed by atoms with van der Waals surface area (Å²) in [4.78, 5) is 19.9. The van der Waals surface area contributed by atoms with Crippen molar-refractivity contribution in [2.45, 2.75) is 27.2 Å². The van der Waals surface area contributed by atoms with Gasteiger partial charge in [-0.2, -0.15) is 0 Å². The molecule has 3 aromatic rings. The number of pyridine rings is 1. The van der Waals surface area contributed by atoms with Gasteiger partial charge in [0, 0.05) is 24.2 Å². The summed E-state index contributed by atoms with van der Waals surface area (Å²) >= 11 is 0. The zero-order valence-electron chi connectivity index (χ0n) is 17.5. The van der Waals surface area contributed by atoms with Crippen molar-refractivity contribution in [3.63, 3.8) is 0 Å². The van der Waals surface area contributed by atoms with E-state index < -0.39 is 0 Å². The molecule has 0 spiro atoms. The van der Waals surface area contributed by atoms with Gasteiger partial charge in [-0.1, -0.05) is 51.1 Å². The van der Waals surface area contributed by atoms with Gasteiger partial charge in [-0.15, -0.1) is 0 Å². The number of aromatic nitrogens is 1. The Hall–Kier alpha value is -2.92. The number of hydrogen-bond donors (Lipinski definition) is 2. The van der Waals surface area contributed by atoms with Gasteiger partial charge < -0.3 is 15.5 Å². The number of hydrogen-bond acceptors (Lipinski definition) is 4. The van der Waals surface area contributed by atoms with Crippen molar-refractivity contribution >= 4 is 28.3 Å².